The van der Waals surface area contributed by atoms with Crippen LogP contribution >= 0.6 is 28.3 Å². The van der Waals surface area contributed by atoms with Gasteiger partial charge in [-0.1, -0.05) is 0 Å². The Kier molecular flexibility index (Phi) is 5.98. The van der Waals surface area contributed by atoms with Crippen LogP contribution in [-0.2, 0) is 0 Å². The molecule has 1 aromatic heterocycles. The third-order valence-corrected chi connectivity index (χ3v) is 4.75. The monoisotopic (exact) mass is 374 g/mol. The maximum absolute atomic E-state index is 12.5. The van der Waals surface area contributed by atoms with E-state index in [2.05, 4.69) is 31.1 Å². The molecule has 3 heterocycles. The number of amides is 1. The predicted molar refractivity (Wildman–Crippen MR) is 87.9 cm³/mol. The Bertz CT molecular complexity index is 496. The van der Waals surface area contributed by atoms with Crippen LogP contribution in [0.2, 0.25) is 0 Å². The molecule has 3 rings (SSSR count). The SMILES string of the molecule is Cl.O=C(c1ccncc1Br)N1CCC(N2CCNCC2)C1. The van der Waals surface area contributed by atoms with Gasteiger partial charge in [0, 0.05) is 62.2 Å². The molecule has 1 unspecified atom stereocenters. The molecule has 1 amide bonds. The zero-order valence-electron chi connectivity index (χ0n) is 11.8. The number of piperazine rings is 1. The smallest absolute Gasteiger partial charge is 0.255 e. The van der Waals surface area contributed by atoms with E-state index in [-0.39, 0.29) is 18.3 Å². The largest absolute Gasteiger partial charge is 0.337 e. The Hall–Kier alpha value is -0.690. The molecule has 0 saturated carbocycles. The number of hydrogen-bond donors (Lipinski definition) is 1. The molecule has 0 radical (unpaired) electrons. The zero-order chi connectivity index (χ0) is 13.9. The van der Waals surface area contributed by atoms with E-state index in [1.54, 1.807) is 18.5 Å². The third kappa shape index (κ3) is 3.74. The predicted octanol–water partition coefficient (Wildman–Crippen LogP) is 1.39. The van der Waals surface area contributed by atoms with Crippen molar-refractivity contribution in [2.24, 2.45) is 0 Å². The average Bonchev–Trinajstić information content (AvgIpc) is 2.98. The number of aromatic nitrogens is 1. The first-order valence-electron chi connectivity index (χ1n) is 7.09. The van der Waals surface area contributed by atoms with Crippen molar-refractivity contribution in [1.29, 1.82) is 0 Å². The summed E-state index contributed by atoms with van der Waals surface area (Å²) in [5.41, 5.74) is 0.709. The van der Waals surface area contributed by atoms with E-state index >= 15 is 0 Å². The number of carbonyl (C=O) groups is 1. The maximum atomic E-state index is 12.5. The molecular weight excluding hydrogens is 356 g/mol. The highest BCUT2D eigenvalue weighted by molar-refractivity contribution is 9.10. The van der Waals surface area contributed by atoms with Crippen LogP contribution in [0.15, 0.2) is 22.9 Å². The molecule has 21 heavy (non-hydrogen) atoms. The van der Waals surface area contributed by atoms with Gasteiger partial charge in [0.25, 0.3) is 5.91 Å². The van der Waals surface area contributed by atoms with Crippen LogP contribution in [0.1, 0.15) is 16.8 Å². The molecule has 0 bridgehead atoms. The quantitative estimate of drug-likeness (QED) is 0.848. The number of hydrogen-bond acceptors (Lipinski definition) is 4. The van der Waals surface area contributed by atoms with Gasteiger partial charge < -0.3 is 10.2 Å². The lowest BCUT2D eigenvalue weighted by Gasteiger charge is -2.32. The van der Waals surface area contributed by atoms with Gasteiger partial charge in [-0.2, -0.15) is 0 Å². The molecule has 116 valence electrons. The van der Waals surface area contributed by atoms with Crippen molar-refractivity contribution in [1.82, 2.24) is 20.1 Å². The fourth-order valence-corrected chi connectivity index (χ4v) is 3.41. The van der Waals surface area contributed by atoms with E-state index in [1.165, 1.54) is 0 Å². The number of pyridine rings is 1. The minimum absolute atomic E-state index is 0. The highest BCUT2D eigenvalue weighted by atomic mass is 79.9. The van der Waals surface area contributed by atoms with Crippen LogP contribution in [0.25, 0.3) is 0 Å². The lowest BCUT2D eigenvalue weighted by molar-refractivity contribution is 0.0772. The highest BCUT2D eigenvalue weighted by Gasteiger charge is 2.31. The lowest BCUT2D eigenvalue weighted by atomic mass is 10.2. The first kappa shape index (κ1) is 16.7. The van der Waals surface area contributed by atoms with Gasteiger partial charge in [0.05, 0.1) is 5.56 Å². The molecule has 0 aliphatic carbocycles. The van der Waals surface area contributed by atoms with Gasteiger partial charge in [0.2, 0.25) is 0 Å². The number of nitrogens with one attached hydrogen (secondary N) is 1. The van der Waals surface area contributed by atoms with Crippen LogP contribution in [0.4, 0.5) is 0 Å². The highest BCUT2D eigenvalue weighted by Crippen LogP contribution is 2.22. The summed E-state index contributed by atoms with van der Waals surface area (Å²) in [5, 5.41) is 3.37. The fourth-order valence-electron chi connectivity index (χ4n) is 2.99. The number of nitrogens with zero attached hydrogens (tertiary/aromatic N) is 3. The summed E-state index contributed by atoms with van der Waals surface area (Å²) in [6, 6.07) is 2.30. The molecule has 2 fully saturated rings. The van der Waals surface area contributed by atoms with Gasteiger partial charge in [-0.15, -0.1) is 12.4 Å². The molecule has 0 spiro atoms. The second kappa shape index (κ2) is 7.54. The molecule has 2 saturated heterocycles. The van der Waals surface area contributed by atoms with E-state index in [0.717, 1.165) is 50.2 Å². The Morgan fingerprint density at radius 3 is 2.81 bits per heavy atom. The summed E-state index contributed by atoms with van der Waals surface area (Å²) in [4.78, 5) is 21.0. The van der Waals surface area contributed by atoms with Gasteiger partial charge in [-0.05, 0) is 28.4 Å². The summed E-state index contributed by atoms with van der Waals surface area (Å²) < 4.78 is 0.774. The van der Waals surface area contributed by atoms with Crippen molar-refractivity contribution in [2.75, 3.05) is 39.3 Å². The number of rotatable bonds is 2. The van der Waals surface area contributed by atoms with Crippen LogP contribution < -0.4 is 5.32 Å². The topological polar surface area (TPSA) is 48.5 Å². The van der Waals surface area contributed by atoms with Crippen molar-refractivity contribution < 1.29 is 4.79 Å². The van der Waals surface area contributed by atoms with E-state index in [1.807, 2.05) is 4.90 Å². The van der Waals surface area contributed by atoms with Crippen LogP contribution in [0.3, 0.4) is 0 Å². The minimum Gasteiger partial charge on any atom is -0.337 e. The Balaban J connectivity index is 0.00000161. The molecule has 7 heteroatoms. The molecule has 0 aromatic carbocycles. The molecule has 2 aliphatic rings. The molecule has 1 N–H and O–H groups in total. The minimum atomic E-state index is 0. The molecular formula is C14H20BrClN4O. The summed E-state index contributed by atoms with van der Waals surface area (Å²) in [6.07, 6.45) is 4.42. The maximum Gasteiger partial charge on any atom is 0.255 e. The molecule has 5 nitrogen and oxygen atoms in total. The normalized spacial score (nSPS) is 22.9. The molecule has 2 aliphatic heterocycles. The van der Waals surface area contributed by atoms with Gasteiger partial charge in [-0.25, -0.2) is 0 Å². The summed E-state index contributed by atoms with van der Waals surface area (Å²) in [6.45, 7) is 5.98. The van der Waals surface area contributed by atoms with Crippen molar-refractivity contribution in [2.45, 2.75) is 12.5 Å². The summed E-state index contributed by atoms with van der Waals surface area (Å²) in [5.74, 6) is 0.108. The van der Waals surface area contributed by atoms with Crippen molar-refractivity contribution in [3.8, 4) is 0 Å². The van der Waals surface area contributed by atoms with E-state index in [4.69, 9.17) is 0 Å². The molecule has 1 atom stereocenters. The number of carbonyl (C=O) groups excluding carboxylic acids is 1. The Labute approximate surface area is 139 Å². The standard InChI is InChI=1S/C14H19BrN4O.ClH/c15-13-9-17-3-1-12(13)14(20)19-6-2-11(10-19)18-7-4-16-5-8-18;/h1,3,9,11,16H,2,4-8,10H2;1H. The van der Waals surface area contributed by atoms with Gasteiger partial charge in [-0.3, -0.25) is 14.7 Å². The number of halogens is 2. The van der Waals surface area contributed by atoms with Crippen molar-refractivity contribution in [3.63, 3.8) is 0 Å². The zero-order valence-corrected chi connectivity index (χ0v) is 14.2. The Morgan fingerprint density at radius 2 is 2.10 bits per heavy atom. The second-order valence-corrected chi connectivity index (χ2v) is 6.19. The van der Waals surface area contributed by atoms with Gasteiger partial charge in [0.1, 0.15) is 0 Å². The fraction of sp³-hybridized carbons (Fsp3) is 0.571. The average molecular weight is 376 g/mol. The number of likely N-dealkylation sites (tertiary alicyclic amines) is 1. The van der Waals surface area contributed by atoms with Crippen LogP contribution in [0, 0.1) is 0 Å². The van der Waals surface area contributed by atoms with Gasteiger partial charge >= 0.3 is 0 Å². The van der Waals surface area contributed by atoms with Crippen molar-refractivity contribution >= 4 is 34.2 Å². The van der Waals surface area contributed by atoms with E-state index in [9.17, 15) is 4.79 Å². The van der Waals surface area contributed by atoms with Crippen LogP contribution in [-0.4, -0.2) is 66.0 Å². The molecule has 1 aromatic rings. The summed E-state index contributed by atoms with van der Waals surface area (Å²) in [7, 11) is 0. The third-order valence-electron chi connectivity index (χ3n) is 4.12. The van der Waals surface area contributed by atoms with Crippen molar-refractivity contribution in [3.05, 3.63) is 28.5 Å². The van der Waals surface area contributed by atoms with Gasteiger partial charge in [0.15, 0.2) is 0 Å². The van der Waals surface area contributed by atoms with E-state index in [0.29, 0.717) is 11.6 Å². The van der Waals surface area contributed by atoms with Crippen LogP contribution in [0.5, 0.6) is 0 Å². The van der Waals surface area contributed by atoms with E-state index < -0.39 is 0 Å². The first-order valence-corrected chi connectivity index (χ1v) is 7.88. The second-order valence-electron chi connectivity index (χ2n) is 5.34. The first-order chi connectivity index (χ1) is 9.75. The Morgan fingerprint density at radius 1 is 1.33 bits per heavy atom. The lowest BCUT2D eigenvalue weighted by Crippen LogP contribution is -2.49. The summed E-state index contributed by atoms with van der Waals surface area (Å²) >= 11 is 3.41.